The van der Waals surface area contributed by atoms with Crippen molar-refractivity contribution >= 4 is 29.3 Å². The summed E-state index contributed by atoms with van der Waals surface area (Å²) in [6.45, 7) is 0. The van der Waals surface area contributed by atoms with E-state index in [9.17, 15) is 9.59 Å². The smallest absolute Gasteiger partial charge is 0.315 e. The highest BCUT2D eigenvalue weighted by atomic mass is 32.2. The van der Waals surface area contributed by atoms with Crippen LogP contribution in [0.15, 0.2) is 36.7 Å². The Hall–Kier alpha value is -2.28. The number of anilines is 1. The van der Waals surface area contributed by atoms with Crippen molar-refractivity contribution in [2.45, 2.75) is 6.42 Å². The van der Waals surface area contributed by atoms with Crippen LogP contribution in [0.25, 0.3) is 11.4 Å². The molecule has 0 saturated heterocycles. The SMILES string of the molecule is COC(=O)CSCCC(=O)Nc1ccc(-c2ncc[nH]2)cc1. The van der Waals surface area contributed by atoms with Crippen LogP contribution in [0.4, 0.5) is 5.69 Å². The maximum absolute atomic E-state index is 11.8. The molecular formula is C15H17N3O3S. The van der Waals surface area contributed by atoms with Gasteiger partial charge in [-0.15, -0.1) is 11.8 Å². The number of carbonyl (C=O) groups is 2. The molecule has 0 aliphatic carbocycles. The molecule has 0 aliphatic heterocycles. The molecule has 1 heterocycles. The van der Waals surface area contributed by atoms with Crippen LogP contribution in [0.1, 0.15) is 6.42 Å². The molecule has 22 heavy (non-hydrogen) atoms. The van der Waals surface area contributed by atoms with Gasteiger partial charge < -0.3 is 15.0 Å². The Bertz CT molecular complexity index is 611. The van der Waals surface area contributed by atoms with E-state index >= 15 is 0 Å². The first-order valence-corrected chi connectivity index (χ1v) is 7.88. The second-order valence-electron chi connectivity index (χ2n) is 4.44. The van der Waals surface area contributed by atoms with Gasteiger partial charge in [0.25, 0.3) is 0 Å². The Morgan fingerprint density at radius 2 is 2.09 bits per heavy atom. The van der Waals surface area contributed by atoms with Crippen molar-refractivity contribution in [3.05, 3.63) is 36.7 Å². The van der Waals surface area contributed by atoms with Gasteiger partial charge in [0.1, 0.15) is 5.82 Å². The minimum absolute atomic E-state index is 0.0804. The molecular weight excluding hydrogens is 302 g/mol. The van der Waals surface area contributed by atoms with E-state index in [4.69, 9.17) is 0 Å². The van der Waals surface area contributed by atoms with E-state index in [1.165, 1.54) is 18.9 Å². The average Bonchev–Trinajstić information content (AvgIpc) is 3.06. The van der Waals surface area contributed by atoms with Gasteiger partial charge in [-0.25, -0.2) is 4.98 Å². The molecule has 0 fully saturated rings. The van der Waals surface area contributed by atoms with E-state index in [0.717, 1.165) is 17.1 Å². The number of ether oxygens (including phenoxy) is 1. The van der Waals surface area contributed by atoms with E-state index in [1.54, 1.807) is 12.4 Å². The molecule has 1 aromatic heterocycles. The summed E-state index contributed by atoms with van der Waals surface area (Å²) < 4.78 is 4.53. The van der Waals surface area contributed by atoms with Crippen molar-refractivity contribution in [1.29, 1.82) is 0 Å². The number of methoxy groups -OCH3 is 1. The molecule has 0 bridgehead atoms. The molecule has 0 atom stereocenters. The zero-order valence-corrected chi connectivity index (χ0v) is 13.0. The van der Waals surface area contributed by atoms with Crippen molar-refractivity contribution in [1.82, 2.24) is 9.97 Å². The van der Waals surface area contributed by atoms with Crippen LogP contribution in [0, 0.1) is 0 Å². The quantitative estimate of drug-likeness (QED) is 0.604. The third-order valence-corrected chi connectivity index (χ3v) is 3.79. The first kappa shape index (κ1) is 16.1. The molecule has 2 rings (SSSR count). The number of hydrogen-bond acceptors (Lipinski definition) is 5. The second-order valence-corrected chi connectivity index (χ2v) is 5.55. The van der Waals surface area contributed by atoms with Crippen molar-refractivity contribution < 1.29 is 14.3 Å². The summed E-state index contributed by atoms with van der Waals surface area (Å²) in [4.78, 5) is 29.9. The van der Waals surface area contributed by atoms with Gasteiger partial charge in [0, 0.05) is 35.8 Å². The average molecular weight is 319 g/mol. The second kappa shape index (κ2) is 8.23. The van der Waals surface area contributed by atoms with Crippen molar-refractivity contribution in [2.75, 3.05) is 23.9 Å². The predicted octanol–water partition coefficient (Wildman–Crippen LogP) is 2.31. The van der Waals surface area contributed by atoms with E-state index in [0.29, 0.717) is 12.2 Å². The number of esters is 1. The fourth-order valence-electron chi connectivity index (χ4n) is 1.74. The number of imidazole rings is 1. The molecule has 0 aliphatic rings. The number of aromatic amines is 1. The van der Waals surface area contributed by atoms with Gasteiger partial charge in [0.2, 0.25) is 5.91 Å². The van der Waals surface area contributed by atoms with Crippen LogP contribution >= 0.6 is 11.8 Å². The number of carbonyl (C=O) groups excluding carboxylic acids is 2. The number of H-pyrrole nitrogens is 1. The lowest BCUT2D eigenvalue weighted by Crippen LogP contribution is -2.13. The lowest BCUT2D eigenvalue weighted by molar-refractivity contribution is -0.137. The zero-order valence-electron chi connectivity index (χ0n) is 12.2. The van der Waals surface area contributed by atoms with Crippen molar-refractivity contribution in [3.8, 4) is 11.4 Å². The van der Waals surface area contributed by atoms with Gasteiger partial charge in [0.15, 0.2) is 0 Å². The highest BCUT2D eigenvalue weighted by molar-refractivity contribution is 7.99. The number of amides is 1. The molecule has 116 valence electrons. The Kier molecular flexibility index (Phi) is 6.02. The standard InChI is InChI=1S/C15H17N3O3S/c1-21-14(20)10-22-9-6-13(19)18-12-4-2-11(3-5-12)15-16-7-8-17-15/h2-5,7-8H,6,9-10H2,1H3,(H,16,17)(H,18,19). The van der Waals surface area contributed by atoms with Crippen LogP contribution < -0.4 is 5.32 Å². The Morgan fingerprint density at radius 3 is 2.73 bits per heavy atom. The molecule has 0 spiro atoms. The molecule has 6 nitrogen and oxygen atoms in total. The number of nitrogens with one attached hydrogen (secondary N) is 2. The number of rotatable bonds is 7. The van der Waals surface area contributed by atoms with Gasteiger partial charge in [-0.3, -0.25) is 9.59 Å². The Balaban J connectivity index is 1.76. The van der Waals surface area contributed by atoms with Gasteiger partial charge in [-0.2, -0.15) is 0 Å². The maximum Gasteiger partial charge on any atom is 0.315 e. The zero-order chi connectivity index (χ0) is 15.8. The normalized spacial score (nSPS) is 10.2. The lowest BCUT2D eigenvalue weighted by Gasteiger charge is -2.06. The number of nitrogens with zero attached hydrogens (tertiary/aromatic N) is 1. The highest BCUT2D eigenvalue weighted by Gasteiger charge is 2.05. The number of aromatic nitrogens is 2. The molecule has 2 N–H and O–H groups in total. The number of hydrogen-bond donors (Lipinski definition) is 2. The molecule has 0 unspecified atom stereocenters. The van der Waals surface area contributed by atoms with Crippen LogP contribution in [-0.2, 0) is 14.3 Å². The molecule has 7 heteroatoms. The summed E-state index contributed by atoms with van der Waals surface area (Å²) in [5.74, 6) is 1.27. The summed E-state index contributed by atoms with van der Waals surface area (Å²) >= 11 is 1.38. The van der Waals surface area contributed by atoms with Gasteiger partial charge in [-0.05, 0) is 24.3 Å². The lowest BCUT2D eigenvalue weighted by atomic mass is 10.2. The molecule has 1 aromatic carbocycles. The first-order valence-electron chi connectivity index (χ1n) is 6.73. The van der Waals surface area contributed by atoms with Crippen LogP contribution in [0.2, 0.25) is 0 Å². The van der Waals surface area contributed by atoms with Gasteiger partial charge in [-0.1, -0.05) is 0 Å². The topological polar surface area (TPSA) is 84.1 Å². The monoisotopic (exact) mass is 319 g/mol. The fraction of sp³-hybridized carbons (Fsp3) is 0.267. The van der Waals surface area contributed by atoms with E-state index in [-0.39, 0.29) is 17.6 Å². The third-order valence-electron chi connectivity index (χ3n) is 2.86. The summed E-state index contributed by atoms with van der Waals surface area (Å²) in [7, 11) is 1.35. The largest absolute Gasteiger partial charge is 0.468 e. The molecule has 0 saturated carbocycles. The fourth-order valence-corrected chi connectivity index (χ4v) is 2.50. The van der Waals surface area contributed by atoms with E-state index in [1.807, 2.05) is 24.3 Å². The number of thioether (sulfide) groups is 1. The van der Waals surface area contributed by atoms with Crippen molar-refractivity contribution in [3.63, 3.8) is 0 Å². The Labute approximate surface area is 132 Å². The summed E-state index contributed by atoms with van der Waals surface area (Å²) in [5, 5.41) is 2.82. The summed E-state index contributed by atoms with van der Waals surface area (Å²) in [5.41, 5.74) is 1.69. The van der Waals surface area contributed by atoms with Gasteiger partial charge >= 0.3 is 5.97 Å². The van der Waals surface area contributed by atoms with Crippen LogP contribution in [0.3, 0.4) is 0 Å². The summed E-state index contributed by atoms with van der Waals surface area (Å²) in [6, 6.07) is 7.44. The molecule has 2 aromatic rings. The van der Waals surface area contributed by atoms with Crippen molar-refractivity contribution in [2.24, 2.45) is 0 Å². The highest BCUT2D eigenvalue weighted by Crippen LogP contribution is 2.17. The summed E-state index contributed by atoms with van der Waals surface area (Å²) in [6.07, 6.45) is 3.80. The van der Waals surface area contributed by atoms with Gasteiger partial charge in [0.05, 0.1) is 12.9 Å². The molecule has 1 amide bonds. The van der Waals surface area contributed by atoms with E-state index < -0.39 is 0 Å². The predicted molar refractivity (Wildman–Crippen MR) is 86.6 cm³/mol. The van der Waals surface area contributed by atoms with Crippen LogP contribution in [-0.4, -0.2) is 40.5 Å². The molecule has 0 radical (unpaired) electrons. The minimum Gasteiger partial charge on any atom is -0.468 e. The third kappa shape index (κ3) is 4.92. The minimum atomic E-state index is -0.279. The first-order chi connectivity index (χ1) is 10.7. The van der Waals surface area contributed by atoms with Crippen LogP contribution in [0.5, 0.6) is 0 Å². The maximum atomic E-state index is 11.8. The van der Waals surface area contributed by atoms with E-state index in [2.05, 4.69) is 20.0 Å². The number of benzene rings is 1. The Morgan fingerprint density at radius 1 is 1.32 bits per heavy atom.